The topological polar surface area (TPSA) is 12.9 Å². The summed E-state index contributed by atoms with van der Waals surface area (Å²) in [5, 5.41) is 0.797. The first-order chi connectivity index (χ1) is 6.25. The van der Waals surface area contributed by atoms with Crippen molar-refractivity contribution < 1.29 is 0 Å². The van der Waals surface area contributed by atoms with Gasteiger partial charge in [-0.1, -0.05) is 38.3 Å². The van der Waals surface area contributed by atoms with E-state index in [0.29, 0.717) is 5.92 Å². The Labute approximate surface area is 85.1 Å². The minimum Gasteiger partial charge on any atom is -0.263 e. The van der Waals surface area contributed by atoms with E-state index in [1.165, 1.54) is 24.8 Å². The molecule has 0 aliphatic heterocycles. The van der Waals surface area contributed by atoms with Crippen LogP contribution in [0.25, 0.3) is 0 Å². The second-order valence-electron chi connectivity index (χ2n) is 3.44. The van der Waals surface area contributed by atoms with E-state index >= 15 is 0 Å². The highest BCUT2D eigenvalue weighted by atomic mass is 35.5. The van der Waals surface area contributed by atoms with Crippen molar-refractivity contribution in [3.05, 3.63) is 29.0 Å². The van der Waals surface area contributed by atoms with Crippen LogP contribution in [0.15, 0.2) is 18.5 Å². The van der Waals surface area contributed by atoms with Gasteiger partial charge in [-0.05, 0) is 24.0 Å². The number of nitrogens with zero attached hydrogens (tertiary/aromatic N) is 1. The van der Waals surface area contributed by atoms with Gasteiger partial charge in [-0.2, -0.15) is 0 Å². The maximum absolute atomic E-state index is 6.04. The number of rotatable bonds is 4. The van der Waals surface area contributed by atoms with E-state index in [1.807, 2.05) is 12.3 Å². The number of pyridine rings is 1. The Balaban J connectivity index is 2.65. The molecule has 72 valence electrons. The molecule has 0 N–H and O–H groups in total. The summed E-state index contributed by atoms with van der Waals surface area (Å²) in [6.45, 7) is 4.43. The van der Waals surface area contributed by atoms with Crippen molar-refractivity contribution in [3.8, 4) is 0 Å². The third kappa shape index (κ3) is 3.00. The van der Waals surface area contributed by atoms with E-state index in [9.17, 15) is 0 Å². The second kappa shape index (κ2) is 5.23. The van der Waals surface area contributed by atoms with Gasteiger partial charge in [0.2, 0.25) is 0 Å². The van der Waals surface area contributed by atoms with Crippen LogP contribution in [0.2, 0.25) is 5.02 Å². The molecular weight excluding hydrogens is 182 g/mol. The van der Waals surface area contributed by atoms with Crippen molar-refractivity contribution in [1.29, 1.82) is 0 Å². The van der Waals surface area contributed by atoms with Crippen molar-refractivity contribution in [3.63, 3.8) is 0 Å². The summed E-state index contributed by atoms with van der Waals surface area (Å²) in [4.78, 5) is 3.98. The first-order valence-electron chi connectivity index (χ1n) is 4.85. The summed E-state index contributed by atoms with van der Waals surface area (Å²) in [6.07, 6.45) is 7.25. The van der Waals surface area contributed by atoms with Crippen LogP contribution >= 0.6 is 11.6 Å². The Morgan fingerprint density at radius 2 is 2.31 bits per heavy atom. The van der Waals surface area contributed by atoms with Gasteiger partial charge in [0.25, 0.3) is 0 Å². The first kappa shape index (κ1) is 10.5. The number of unbranched alkanes of at least 4 members (excludes halogenated alkanes) is 1. The van der Waals surface area contributed by atoms with Gasteiger partial charge in [-0.15, -0.1) is 0 Å². The maximum Gasteiger partial charge on any atom is 0.0624 e. The van der Waals surface area contributed by atoms with Gasteiger partial charge in [-0.3, -0.25) is 4.98 Å². The van der Waals surface area contributed by atoms with Crippen LogP contribution in [0, 0.1) is 0 Å². The van der Waals surface area contributed by atoms with E-state index in [2.05, 4.69) is 18.8 Å². The molecule has 0 bridgehead atoms. The Hall–Kier alpha value is -0.560. The van der Waals surface area contributed by atoms with E-state index in [1.54, 1.807) is 6.20 Å². The lowest BCUT2D eigenvalue weighted by atomic mass is 9.96. The van der Waals surface area contributed by atoms with E-state index in [-0.39, 0.29) is 0 Å². The Morgan fingerprint density at radius 3 is 2.92 bits per heavy atom. The lowest BCUT2D eigenvalue weighted by Gasteiger charge is -2.11. The maximum atomic E-state index is 6.04. The van der Waals surface area contributed by atoms with Gasteiger partial charge in [-0.25, -0.2) is 0 Å². The minimum atomic E-state index is 0.551. The van der Waals surface area contributed by atoms with Crippen LogP contribution in [0.4, 0.5) is 0 Å². The standard InChI is InChI=1S/C11H16ClN/c1-3-4-5-9(2)10-6-7-13-8-11(10)12/h6-9H,3-5H2,1-2H3. The van der Waals surface area contributed by atoms with Gasteiger partial charge in [0.15, 0.2) is 0 Å². The van der Waals surface area contributed by atoms with Gasteiger partial charge >= 0.3 is 0 Å². The van der Waals surface area contributed by atoms with Gasteiger partial charge in [0.1, 0.15) is 0 Å². The number of halogens is 1. The smallest absolute Gasteiger partial charge is 0.0624 e. The predicted octanol–water partition coefficient (Wildman–Crippen LogP) is 4.03. The summed E-state index contributed by atoms with van der Waals surface area (Å²) in [7, 11) is 0. The van der Waals surface area contributed by atoms with Crippen molar-refractivity contribution in [2.24, 2.45) is 0 Å². The zero-order chi connectivity index (χ0) is 9.68. The van der Waals surface area contributed by atoms with Crippen molar-refractivity contribution >= 4 is 11.6 Å². The molecule has 0 saturated carbocycles. The quantitative estimate of drug-likeness (QED) is 0.710. The summed E-state index contributed by atoms with van der Waals surface area (Å²) >= 11 is 6.04. The molecule has 0 saturated heterocycles. The fraction of sp³-hybridized carbons (Fsp3) is 0.545. The van der Waals surface area contributed by atoms with Crippen LogP contribution in [0.5, 0.6) is 0 Å². The molecule has 13 heavy (non-hydrogen) atoms. The summed E-state index contributed by atoms with van der Waals surface area (Å²) in [6, 6.07) is 2.02. The molecule has 1 aromatic heterocycles. The van der Waals surface area contributed by atoms with Crippen LogP contribution in [0.3, 0.4) is 0 Å². The van der Waals surface area contributed by atoms with Gasteiger partial charge in [0, 0.05) is 12.4 Å². The highest BCUT2D eigenvalue weighted by Gasteiger charge is 2.08. The molecular formula is C11H16ClN. The van der Waals surface area contributed by atoms with Crippen LogP contribution in [-0.4, -0.2) is 4.98 Å². The van der Waals surface area contributed by atoms with Crippen molar-refractivity contribution in [2.75, 3.05) is 0 Å². The Bertz CT molecular complexity index is 260. The molecule has 0 spiro atoms. The van der Waals surface area contributed by atoms with Gasteiger partial charge < -0.3 is 0 Å². The second-order valence-corrected chi connectivity index (χ2v) is 3.85. The third-order valence-electron chi connectivity index (χ3n) is 2.33. The monoisotopic (exact) mass is 197 g/mol. The van der Waals surface area contributed by atoms with Crippen molar-refractivity contribution in [2.45, 2.75) is 39.0 Å². The molecule has 1 unspecified atom stereocenters. The largest absolute Gasteiger partial charge is 0.263 e. The molecule has 0 aromatic carbocycles. The lowest BCUT2D eigenvalue weighted by Crippen LogP contribution is -1.94. The highest BCUT2D eigenvalue weighted by Crippen LogP contribution is 2.26. The molecule has 1 atom stereocenters. The van der Waals surface area contributed by atoms with Crippen LogP contribution in [-0.2, 0) is 0 Å². The van der Waals surface area contributed by atoms with Crippen LogP contribution in [0.1, 0.15) is 44.6 Å². The first-order valence-corrected chi connectivity index (χ1v) is 5.23. The summed E-state index contributed by atoms with van der Waals surface area (Å²) < 4.78 is 0. The molecule has 2 heteroatoms. The normalized spacial score (nSPS) is 12.8. The fourth-order valence-electron chi connectivity index (χ4n) is 1.45. The zero-order valence-electron chi connectivity index (χ0n) is 8.26. The molecule has 1 nitrogen and oxygen atoms in total. The molecule has 0 fully saturated rings. The lowest BCUT2D eigenvalue weighted by molar-refractivity contribution is 0.624. The molecule has 0 aliphatic carbocycles. The number of hydrogen-bond acceptors (Lipinski definition) is 1. The Morgan fingerprint density at radius 1 is 1.54 bits per heavy atom. The number of hydrogen-bond donors (Lipinski definition) is 0. The van der Waals surface area contributed by atoms with E-state index in [4.69, 9.17) is 11.6 Å². The molecule has 1 aromatic rings. The van der Waals surface area contributed by atoms with E-state index in [0.717, 1.165) is 5.02 Å². The molecule has 0 radical (unpaired) electrons. The van der Waals surface area contributed by atoms with Crippen molar-refractivity contribution in [1.82, 2.24) is 4.98 Å². The molecule has 0 aliphatic rings. The highest BCUT2D eigenvalue weighted by molar-refractivity contribution is 6.31. The molecule has 0 amide bonds. The average molecular weight is 198 g/mol. The van der Waals surface area contributed by atoms with E-state index < -0.39 is 0 Å². The predicted molar refractivity (Wildman–Crippen MR) is 57.2 cm³/mol. The number of aromatic nitrogens is 1. The minimum absolute atomic E-state index is 0.551. The SMILES string of the molecule is CCCCC(C)c1ccncc1Cl. The van der Waals surface area contributed by atoms with Crippen LogP contribution < -0.4 is 0 Å². The molecule has 1 rings (SSSR count). The third-order valence-corrected chi connectivity index (χ3v) is 2.64. The molecule has 1 heterocycles. The summed E-state index contributed by atoms with van der Waals surface area (Å²) in [5.74, 6) is 0.551. The Kier molecular flexibility index (Phi) is 4.23. The van der Waals surface area contributed by atoms with Gasteiger partial charge in [0.05, 0.1) is 5.02 Å². The fourth-order valence-corrected chi connectivity index (χ4v) is 1.76. The zero-order valence-corrected chi connectivity index (χ0v) is 9.01. The average Bonchev–Trinajstić information content (AvgIpc) is 2.15. The summed E-state index contributed by atoms with van der Waals surface area (Å²) in [5.41, 5.74) is 1.23.